The van der Waals surface area contributed by atoms with E-state index in [0.717, 1.165) is 49.3 Å². The van der Waals surface area contributed by atoms with E-state index in [-0.39, 0.29) is 6.04 Å². The fourth-order valence-corrected chi connectivity index (χ4v) is 3.27. The smallest absolute Gasteiger partial charge is 0.128 e. The van der Waals surface area contributed by atoms with Crippen LogP contribution in [0.3, 0.4) is 0 Å². The lowest BCUT2D eigenvalue weighted by Gasteiger charge is -2.21. The van der Waals surface area contributed by atoms with Gasteiger partial charge in [0.2, 0.25) is 0 Å². The summed E-state index contributed by atoms with van der Waals surface area (Å²) in [6.45, 7) is 3.62. The summed E-state index contributed by atoms with van der Waals surface area (Å²) in [7, 11) is 0. The van der Waals surface area contributed by atoms with Crippen molar-refractivity contribution < 1.29 is 8.78 Å². The summed E-state index contributed by atoms with van der Waals surface area (Å²) >= 11 is 6.37. The molecule has 0 spiro atoms. The van der Waals surface area contributed by atoms with Crippen molar-refractivity contribution >= 4 is 17.3 Å². The minimum absolute atomic E-state index is 0.297. The van der Waals surface area contributed by atoms with Gasteiger partial charge >= 0.3 is 0 Å². The van der Waals surface area contributed by atoms with Gasteiger partial charge in [-0.05, 0) is 68.2 Å². The summed E-state index contributed by atoms with van der Waals surface area (Å²) in [6, 6.07) is 7.03. The van der Waals surface area contributed by atoms with E-state index in [0.29, 0.717) is 10.6 Å². The molecule has 1 unspecified atom stereocenters. The Labute approximate surface area is 139 Å². The van der Waals surface area contributed by atoms with Crippen LogP contribution in [0.2, 0.25) is 5.02 Å². The summed E-state index contributed by atoms with van der Waals surface area (Å²) in [4.78, 5) is 0. The van der Waals surface area contributed by atoms with E-state index in [1.807, 2.05) is 19.1 Å². The van der Waals surface area contributed by atoms with Crippen LogP contribution in [0.15, 0.2) is 30.3 Å². The SMILES string of the molecule is CC(Nc1c(Cl)ccc2c1CCNCC2)c1cc(F)ccc1F. The third-order valence-corrected chi connectivity index (χ3v) is 4.58. The molecule has 2 nitrogen and oxygen atoms in total. The molecule has 2 N–H and O–H groups in total. The molecular weight excluding hydrogens is 318 g/mol. The number of hydrogen-bond acceptors (Lipinski definition) is 2. The second kappa shape index (κ2) is 6.85. The van der Waals surface area contributed by atoms with Crippen LogP contribution in [-0.4, -0.2) is 13.1 Å². The van der Waals surface area contributed by atoms with Crippen molar-refractivity contribution in [3.8, 4) is 0 Å². The maximum atomic E-state index is 14.0. The molecule has 0 saturated carbocycles. The van der Waals surface area contributed by atoms with E-state index < -0.39 is 11.6 Å². The van der Waals surface area contributed by atoms with Crippen molar-refractivity contribution in [3.63, 3.8) is 0 Å². The van der Waals surface area contributed by atoms with Crippen LogP contribution < -0.4 is 10.6 Å². The van der Waals surface area contributed by atoms with E-state index in [1.54, 1.807) is 0 Å². The molecule has 0 amide bonds. The highest BCUT2D eigenvalue weighted by molar-refractivity contribution is 6.33. The molecule has 1 atom stereocenters. The monoisotopic (exact) mass is 336 g/mol. The summed E-state index contributed by atoms with van der Waals surface area (Å²) in [5.41, 5.74) is 3.52. The molecule has 2 aromatic rings. The molecule has 122 valence electrons. The van der Waals surface area contributed by atoms with Crippen LogP contribution in [0.5, 0.6) is 0 Å². The van der Waals surface area contributed by atoms with Crippen LogP contribution in [0.25, 0.3) is 0 Å². The zero-order valence-corrected chi connectivity index (χ0v) is 13.7. The summed E-state index contributed by atoms with van der Waals surface area (Å²) in [6.07, 6.45) is 1.79. The Kier molecular flexibility index (Phi) is 4.83. The molecule has 0 aromatic heterocycles. The molecular formula is C18H19ClF2N2. The van der Waals surface area contributed by atoms with Gasteiger partial charge < -0.3 is 10.6 Å². The molecule has 1 aliphatic heterocycles. The summed E-state index contributed by atoms with van der Waals surface area (Å²) in [5, 5.41) is 7.25. The average Bonchev–Trinajstić information content (AvgIpc) is 2.78. The first-order valence-corrected chi connectivity index (χ1v) is 8.16. The number of hydrogen-bond donors (Lipinski definition) is 2. The van der Waals surface area contributed by atoms with Crippen LogP contribution in [-0.2, 0) is 12.8 Å². The van der Waals surface area contributed by atoms with E-state index in [9.17, 15) is 8.78 Å². The Bertz CT molecular complexity index is 718. The normalized spacial score (nSPS) is 15.7. The van der Waals surface area contributed by atoms with E-state index in [2.05, 4.69) is 10.6 Å². The minimum Gasteiger partial charge on any atom is -0.377 e. The molecule has 1 heterocycles. The van der Waals surface area contributed by atoms with Gasteiger partial charge in [-0.15, -0.1) is 0 Å². The van der Waals surface area contributed by atoms with E-state index in [4.69, 9.17) is 11.6 Å². The van der Waals surface area contributed by atoms with Gasteiger partial charge in [0, 0.05) is 5.56 Å². The summed E-state index contributed by atoms with van der Waals surface area (Å²) in [5.74, 6) is -0.872. The molecule has 0 aliphatic carbocycles. The van der Waals surface area contributed by atoms with Gasteiger partial charge in [0.05, 0.1) is 16.8 Å². The topological polar surface area (TPSA) is 24.1 Å². The molecule has 1 aliphatic rings. The van der Waals surface area contributed by atoms with Gasteiger partial charge in [0.1, 0.15) is 11.6 Å². The van der Waals surface area contributed by atoms with Crippen LogP contribution in [0.4, 0.5) is 14.5 Å². The Morgan fingerprint density at radius 1 is 1.13 bits per heavy atom. The molecule has 0 bridgehead atoms. The first-order chi connectivity index (χ1) is 11.1. The standard InChI is InChI=1S/C18H19ClF2N2/c1-11(15-10-13(20)3-5-17(15)21)23-18-14-7-9-22-8-6-12(14)2-4-16(18)19/h2-5,10-11,22-23H,6-9H2,1H3. The number of rotatable bonds is 3. The van der Waals surface area contributed by atoms with Crippen LogP contribution in [0, 0.1) is 11.6 Å². The Morgan fingerprint density at radius 2 is 1.91 bits per heavy atom. The molecule has 5 heteroatoms. The lowest BCUT2D eigenvalue weighted by molar-refractivity contribution is 0.577. The highest BCUT2D eigenvalue weighted by Crippen LogP contribution is 2.34. The zero-order valence-electron chi connectivity index (χ0n) is 12.9. The maximum absolute atomic E-state index is 14.0. The van der Waals surface area contributed by atoms with Gasteiger partial charge in [0.25, 0.3) is 0 Å². The minimum atomic E-state index is -0.447. The molecule has 0 radical (unpaired) electrons. The fourth-order valence-electron chi connectivity index (χ4n) is 3.04. The first-order valence-electron chi connectivity index (χ1n) is 7.78. The average molecular weight is 337 g/mol. The summed E-state index contributed by atoms with van der Waals surface area (Å²) < 4.78 is 27.4. The maximum Gasteiger partial charge on any atom is 0.128 e. The lowest BCUT2D eigenvalue weighted by atomic mass is 9.99. The second-order valence-electron chi connectivity index (χ2n) is 5.84. The van der Waals surface area contributed by atoms with Gasteiger partial charge in [-0.25, -0.2) is 8.78 Å². The number of nitrogens with one attached hydrogen (secondary N) is 2. The largest absolute Gasteiger partial charge is 0.377 e. The zero-order chi connectivity index (χ0) is 16.4. The third kappa shape index (κ3) is 3.48. The predicted octanol–water partition coefficient (Wildman–Crippen LogP) is 4.48. The van der Waals surface area contributed by atoms with Gasteiger partial charge in [-0.2, -0.15) is 0 Å². The van der Waals surface area contributed by atoms with E-state index >= 15 is 0 Å². The van der Waals surface area contributed by atoms with Crippen molar-refractivity contribution in [1.29, 1.82) is 0 Å². The quantitative estimate of drug-likeness (QED) is 0.863. The van der Waals surface area contributed by atoms with Crippen molar-refractivity contribution in [2.45, 2.75) is 25.8 Å². The van der Waals surface area contributed by atoms with Crippen LogP contribution >= 0.6 is 11.6 Å². The van der Waals surface area contributed by atoms with Gasteiger partial charge in [0.15, 0.2) is 0 Å². The fraction of sp³-hybridized carbons (Fsp3) is 0.333. The first kappa shape index (κ1) is 16.2. The Balaban J connectivity index is 1.94. The highest BCUT2D eigenvalue weighted by atomic mass is 35.5. The van der Waals surface area contributed by atoms with Gasteiger partial charge in [-0.3, -0.25) is 0 Å². The number of benzene rings is 2. The van der Waals surface area contributed by atoms with Gasteiger partial charge in [-0.1, -0.05) is 17.7 Å². The van der Waals surface area contributed by atoms with Crippen molar-refractivity contribution in [1.82, 2.24) is 5.32 Å². The van der Waals surface area contributed by atoms with Crippen molar-refractivity contribution in [2.24, 2.45) is 0 Å². The van der Waals surface area contributed by atoms with Crippen molar-refractivity contribution in [3.05, 3.63) is 63.7 Å². The Hall–Kier alpha value is -1.65. The van der Waals surface area contributed by atoms with Crippen LogP contribution in [0.1, 0.15) is 29.7 Å². The predicted molar refractivity (Wildman–Crippen MR) is 90.1 cm³/mol. The molecule has 2 aromatic carbocycles. The van der Waals surface area contributed by atoms with E-state index in [1.165, 1.54) is 11.6 Å². The molecule has 3 rings (SSSR count). The second-order valence-corrected chi connectivity index (χ2v) is 6.25. The number of anilines is 1. The third-order valence-electron chi connectivity index (χ3n) is 4.27. The lowest BCUT2D eigenvalue weighted by Crippen LogP contribution is -2.16. The molecule has 0 fully saturated rings. The highest BCUT2D eigenvalue weighted by Gasteiger charge is 2.18. The molecule has 23 heavy (non-hydrogen) atoms. The molecule has 0 saturated heterocycles. The van der Waals surface area contributed by atoms with Crippen molar-refractivity contribution in [2.75, 3.05) is 18.4 Å². The number of fused-ring (bicyclic) bond motifs is 1. The number of halogens is 3. The Morgan fingerprint density at radius 3 is 2.74 bits per heavy atom.